The molecule has 10 nitrogen and oxygen atoms in total. The molecule has 0 bridgehead atoms. The summed E-state index contributed by atoms with van der Waals surface area (Å²) in [5.41, 5.74) is 0.889. The third-order valence-electron chi connectivity index (χ3n) is 6.92. The van der Waals surface area contributed by atoms with Gasteiger partial charge in [0, 0.05) is 31.2 Å². The Balaban J connectivity index is 1.29. The number of likely N-dealkylation sites (tertiary alicyclic amines) is 1. The minimum absolute atomic E-state index is 0.142. The molecule has 2 aromatic heterocycles. The fourth-order valence-electron chi connectivity index (χ4n) is 4.69. The molecule has 0 spiro atoms. The zero-order valence-corrected chi connectivity index (χ0v) is 20.9. The van der Waals surface area contributed by atoms with Crippen molar-refractivity contribution in [2.45, 2.75) is 57.8 Å². The van der Waals surface area contributed by atoms with E-state index in [1.165, 1.54) is 17.1 Å². The molecule has 2 aliphatic rings. The number of benzene rings is 1. The van der Waals surface area contributed by atoms with Gasteiger partial charge in [-0.2, -0.15) is 5.10 Å². The number of amides is 1. The van der Waals surface area contributed by atoms with Crippen molar-refractivity contribution in [3.8, 4) is 5.69 Å². The Bertz CT molecular complexity index is 1290. The molecule has 2 fully saturated rings. The van der Waals surface area contributed by atoms with Crippen LogP contribution in [0.25, 0.3) is 16.7 Å². The predicted molar refractivity (Wildman–Crippen MR) is 136 cm³/mol. The van der Waals surface area contributed by atoms with E-state index in [4.69, 9.17) is 4.74 Å². The molecule has 1 amide bonds. The van der Waals surface area contributed by atoms with Crippen LogP contribution >= 0.6 is 0 Å². The minimum atomic E-state index is -1.05. The van der Waals surface area contributed by atoms with Crippen molar-refractivity contribution in [3.63, 3.8) is 0 Å². The molecule has 10 heteroatoms. The molecule has 0 radical (unpaired) electrons. The lowest BCUT2D eigenvalue weighted by Crippen LogP contribution is -2.50. The summed E-state index contributed by atoms with van der Waals surface area (Å²) in [7, 11) is 0. The van der Waals surface area contributed by atoms with Crippen molar-refractivity contribution >= 4 is 22.6 Å². The van der Waals surface area contributed by atoms with Crippen LogP contribution in [0.15, 0.2) is 41.6 Å². The molecule has 1 aliphatic carbocycles. The maximum atomic E-state index is 13.2. The normalized spacial score (nSPS) is 17.6. The van der Waals surface area contributed by atoms with Gasteiger partial charge in [-0.15, -0.1) is 0 Å². The van der Waals surface area contributed by atoms with Gasteiger partial charge in [-0.1, -0.05) is 6.07 Å². The van der Waals surface area contributed by atoms with Crippen molar-refractivity contribution in [3.05, 3.63) is 47.1 Å². The van der Waals surface area contributed by atoms with Gasteiger partial charge in [0.1, 0.15) is 11.7 Å². The second kappa shape index (κ2) is 10.0. The Morgan fingerprint density at radius 3 is 2.78 bits per heavy atom. The minimum Gasteiger partial charge on any atom is -0.388 e. The number of ether oxygens (including phenoxy) is 1. The van der Waals surface area contributed by atoms with Crippen LogP contribution < -0.4 is 10.9 Å². The van der Waals surface area contributed by atoms with Gasteiger partial charge >= 0.3 is 0 Å². The highest BCUT2D eigenvalue weighted by molar-refractivity contribution is 5.81. The Kier molecular flexibility index (Phi) is 6.81. The van der Waals surface area contributed by atoms with Gasteiger partial charge in [0.05, 0.1) is 36.7 Å². The molecule has 192 valence electrons. The number of rotatable bonds is 9. The Labute approximate surface area is 209 Å². The Morgan fingerprint density at radius 1 is 1.28 bits per heavy atom. The quantitative estimate of drug-likeness (QED) is 0.438. The van der Waals surface area contributed by atoms with Gasteiger partial charge in [0.2, 0.25) is 5.91 Å². The fraction of sp³-hybridized carbons (Fsp3) is 0.538. The standard InChI is InChI=1S/C26H34N6O4/c1-18(2)36-13-10-27-20-4-3-5-21(14-20)32-23-22(15-29-32)25(34)31(17-28-23)16-26(35)8-11-30(12-9-26)24(33)19-6-7-19/h3-5,14-15,17-19,27,35H,6-13,16H2,1-2H3. The molecule has 0 atom stereocenters. The molecule has 1 aliphatic heterocycles. The zero-order chi connectivity index (χ0) is 25.3. The molecular formula is C26H34N6O4. The SMILES string of the molecule is CC(C)OCCNc1cccc(-n2ncc3c(=O)n(CC4(O)CCN(C(=O)C5CC5)CC4)cnc32)c1. The topological polar surface area (TPSA) is 115 Å². The first kappa shape index (κ1) is 24.5. The van der Waals surface area contributed by atoms with Gasteiger partial charge in [-0.3, -0.25) is 14.2 Å². The van der Waals surface area contributed by atoms with Crippen molar-refractivity contribution in [1.29, 1.82) is 0 Å². The van der Waals surface area contributed by atoms with E-state index in [2.05, 4.69) is 15.4 Å². The lowest BCUT2D eigenvalue weighted by Gasteiger charge is -2.38. The highest BCUT2D eigenvalue weighted by Gasteiger charge is 2.39. The first-order valence-corrected chi connectivity index (χ1v) is 12.7. The van der Waals surface area contributed by atoms with E-state index in [1.807, 2.05) is 43.0 Å². The van der Waals surface area contributed by atoms with E-state index in [0.29, 0.717) is 50.1 Å². The molecule has 5 rings (SSSR count). The number of anilines is 1. The lowest BCUT2D eigenvalue weighted by molar-refractivity contribution is -0.137. The van der Waals surface area contributed by atoms with Crippen LogP contribution in [0.4, 0.5) is 5.69 Å². The van der Waals surface area contributed by atoms with E-state index in [9.17, 15) is 14.7 Å². The molecule has 1 saturated carbocycles. The summed E-state index contributed by atoms with van der Waals surface area (Å²) in [5, 5.41) is 19.3. The smallest absolute Gasteiger partial charge is 0.264 e. The zero-order valence-electron chi connectivity index (χ0n) is 20.9. The molecule has 0 unspecified atom stereocenters. The Hall–Kier alpha value is -3.24. The highest BCUT2D eigenvalue weighted by atomic mass is 16.5. The van der Waals surface area contributed by atoms with Gasteiger partial charge in [0.15, 0.2) is 5.65 Å². The number of fused-ring (bicyclic) bond motifs is 1. The summed E-state index contributed by atoms with van der Waals surface area (Å²) in [5.74, 6) is 0.380. The molecule has 1 aromatic carbocycles. The van der Waals surface area contributed by atoms with E-state index in [-0.39, 0.29) is 30.0 Å². The average molecular weight is 495 g/mol. The molecule has 36 heavy (non-hydrogen) atoms. The van der Waals surface area contributed by atoms with Crippen LogP contribution in [0.3, 0.4) is 0 Å². The number of aliphatic hydroxyl groups is 1. The second-order valence-corrected chi connectivity index (χ2v) is 10.2. The summed E-state index contributed by atoms with van der Waals surface area (Å²) in [6.07, 6.45) is 6.03. The monoisotopic (exact) mass is 494 g/mol. The molecular weight excluding hydrogens is 460 g/mol. The number of hydrogen-bond donors (Lipinski definition) is 2. The molecule has 2 N–H and O–H groups in total. The van der Waals surface area contributed by atoms with E-state index in [0.717, 1.165) is 24.2 Å². The fourth-order valence-corrected chi connectivity index (χ4v) is 4.69. The Morgan fingerprint density at radius 2 is 2.06 bits per heavy atom. The summed E-state index contributed by atoms with van der Waals surface area (Å²) in [6, 6.07) is 7.75. The van der Waals surface area contributed by atoms with E-state index >= 15 is 0 Å². The van der Waals surface area contributed by atoms with E-state index < -0.39 is 5.60 Å². The maximum absolute atomic E-state index is 13.2. The first-order chi connectivity index (χ1) is 17.3. The van der Waals surface area contributed by atoms with Crippen LogP contribution in [0.2, 0.25) is 0 Å². The van der Waals surface area contributed by atoms with Crippen LogP contribution in [-0.4, -0.2) is 73.2 Å². The number of hydrogen-bond acceptors (Lipinski definition) is 7. The van der Waals surface area contributed by atoms with Crippen LogP contribution in [-0.2, 0) is 16.1 Å². The van der Waals surface area contributed by atoms with Gasteiger partial charge in [-0.25, -0.2) is 9.67 Å². The molecule has 1 saturated heterocycles. The summed E-state index contributed by atoms with van der Waals surface area (Å²) < 4.78 is 8.68. The van der Waals surface area contributed by atoms with E-state index in [1.54, 1.807) is 4.68 Å². The summed E-state index contributed by atoms with van der Waals surface area (Å²) in [4.78, 5) is 31.9. The average Bonchev–Trinajstić information content (AvgIpc) is 3.62. The number of carbonyl (C=O) groups excluding carboxylic acids is 1. The van der Waals surface area contributed by atoms with Crippen molar-refractivity contribution in [2.24, 2.45) is 5.92 Å². The number of nitrogens with one attached hydrogen (secondary N) is 1. The van der Waals surface area contributed by atoms with Gasteiger partial charge in [-0.05, 0) is 57.7 Å². The van der Waals surface area contributed by atoms with Crippen molar-refractivity contribution < 1.29 is 14.6 Å². The number of nitrogens with zero attached hydrogens (tertiary/aromatic N) is 5. The third-order valence-corrected chi connectivity index (χ3v) is 6.92. The number of piperidine rings is 1. The van der Waals surface area contributed by atoms with Crippen LogP contribution in [0.5, 0.6) is 0 Å². The van der Waals surface area contributed by atoms with Gasteiger partial charge in [0.25, 0.3) is 5.56 Å². The van der Waals surface area contributed by atoms with Crippen molar-refractivity contribution in [2.75, 3.05) is 31.6 Å². The predicted octanol–water partition coefficient (Wildman–Crippen LogP) is 2.18. The third kappa shape index (κ3) is 5.29. The highest BCUT2D eigenvalue weighted by Crippen LogP contribution is 2.33. The summed E-state index contributed by atoms with van der Waals surface area (Å²) >= 11 is 0. The van der Waals surface area contributed by atoms with Gasteiger partial charge < -0.3 is 20.1 Å². The largest absolute Gasteiger partial charge is 0.388 e. The first-order valence-electron chi connectivity index (χ1n) is 12.7. The molecule has 3 heterocycles. The van der Waals surface area contributed by atoms with Crippen LogP contribution in [0, 0.1) is 5.92 Å². The molecule has 3 aromatic rings. The summed E-state index contributed by atoms with van der Waals surface area (Å²) in [6.45, 7) is 6.47. The lowest BCUT2D eigenvalue weighted by atomic mass is 9.91. The second-order valence-electron chi connectivity index (χ2n) is 10.2. The van der Waals surface area contributed by atoms with Crippen LogP contribution in [0.1, 0.15) is 39.5 Å². The number of carbonyl (C=O) groups is 1. The van der Waals surface area contributed by atoms with Crippen molar-refractivity contribution in [1.82, 2.24) is 24.2 Å². The maximum Gasteiger partial charge on any atom is 0.264 e. The number of aromatic nitrogens is 4.